The number of carbonyl (C=O) groups is 1. The fourth-order valence-electron chi connectivity index (χ4n) is 3.12. The first kappa shape index (κ1) is 23.3. The summed E-state index contributed by atoms with van der Waals surface area (Å²) in [5, 5.41) is 2.64. The largest absolute Gasteiger partial charge is 0.495 e. The van der Waals surface area contributed by atoms with Crippen LogP contribution in [-0.2, 0) is 21.4 Å². The van der Waals surface area contributed by atoms with E-state index in [1.54, 1.807) is 36.5 Å². The number of nitrogens with one attached hydrogen (secondary N) is 1. The third-order valence-electron chi connectivity index (χ3n) is 4.95. The van der Waals surface area contributed by atoms with Crippen molar-refractivity contribution in [1.82, 2.24) is 10.3 Å². The molecule has 0 aliphatic heterocycles. The molecule has 1 aromatic heterocycles. The number of pyridine rings is 1. The average molecular weight is 454 g/mol. The Hall–Kier alpha value is -3.39. The first-order valence-electron chi connectivity index (χ1n) is 10.2. The van der Waals surface area contributed by atoms with Crippen LogP contribution in [0.3, 0.4) is 0 Å². The van der Waals surface area contributed by atoms with E-state index < -0.39 is 22.5 Å². The number of hydrogen-bond donors (Lipinski definition) is 1. The highest BCUT2D eigenvalue weighted by molar-refractivity contribution is 7.92. The fraction of sp³-hybridized carbons (Fsp3) is 0.250. The third kappa shape index (κ3) is 5.45. The molecule has 32 heavy (non-hydrogen) atoms. The van der Waals surface area contributed by atoms with Crippen molar-refractivity contribution in [3.63, 3.8) is 0 Å². The van der Waals surface area contributed by atoms with Crippen molar-refractivity contribution in [3.8, 4) is 5.75 Å². The molecule has 0 spiro atoms. The number of hydrogen-bond acceptors (Lipinski definition) is 5. The first-order chi connectivity index (χ1) is 15.3. The summed E-state index contributed by atoms with van der Waals surface area (Å²) in [5.41, 5.74) is 2.10. The number of sulfonamides is 1. The number of amides is 1. The lowest BCUT2D eigenvalue weighted by Gasteiger charge is -2.25. The van der Waals surface area contributed by atoms with Crippen LogP contribution in [-0.4, -0.2) is 33.0 Å². The highest BCUT2D eigenvalue weighted by Crippen LogP contribution is 2.31. The van der Waals surface area contributed by atoms with Crippen LogP contribution in [0.1, 0.15) is 30.9 Å². The molecule has 0 aliphatic rings. The number of rotatable bonds is 9. The molecule has 1 N–H and O–H groups in total. The number of methoxy groups -OCH3 is 1. The van der Waals surface area contributed by atoms with E-state index >= 15 is 0 Å². The molecule has 0 atom stereocenters. The predicted molar refractivity (Wildman–Crippen MR) is 124 cm³/mol. The molecule has 7 nitrogen and oxygen atoms in total. The summed E-state index contributed by atoms with van der Waals surface area (Å²) in [4.78, 5) is 16.9. The molecule has 0 unspecified atom stereocenters. The van der Waals surface area contributed by atoms with Crippen LogP contribution in [0, 0.1) is 0 Å². The zero-order valence-corrected chi connectivity index (χ0v) is 19.2. The summed E-state index contributed by atoms with van der Waals surface area (Å²) in [5.74, 6) is 0.112. The number of para-hydroxylation sites is 2. The van der Waals surface area contributed by atoms with E-state index in [2.05, 4.69) is 10.3 Å². The molecule has 0 saturated heterocycles. The maximum atomic E-state index is 13.5. The zero-order chi connectivity index (χ0) is 23.1. The van der Waals surface area contributed by atoms with Crippen LogP contribution >= 0.6 is 0 Å². The topological polar surface area (TPSA) is 88.6 Å². The van der Waals surface area contributed by atoms with E-state index in [-0.39, 0.29) is 16.6 Å². The highest BCUT2D eigenvalue weighted by Gasteiger charge is 2.30. The van der Waals surface area contributed by atoms with E-state index in [9.17, 15) is 13.2 Å². The summed E-state index contributed by atoms with van der Waals surface area (Å²) in [6, 6.07) is 19.3. The molecular weight excluding hydrogens is 426 g/mol. The lowest BCUT2D eigenvalue weighted by molar-refractivity contribution is -0.119. The van der Waals surface area contributed by atoms with Gasteiger partial charge >= 0.3 is 0 Å². The predicted octanol–water partition coefficient (Wildman–Crippen LogP) is 3.73. The molecule has 0 saturated carbocycles. The monoisotopic (exact) mass is 453 g/mol. The van der Waals surface area contributed by atoms with Crippen LogP contribution in [0.2, 0.25) is 0 Å². The smallest absolute Gasteiger partial charge is 0.282 e. The van der Waals surface area contributed by atoms with Crippen molar-refractivity contribution in [3.05, 3.63) is 84.1 Å². The minimum atomic E-state index is -4.13. The highest BCUT2D eigenvalue weighted by atomic mass is 32.2. The van der Waals surface area contributed by atoms with Crippen molar-refractivity contribution < 1.29 is 17.9 Å². The van der Waals surface area contributed by atoms with Gasteiger partial charge in [-0.05, 0) is 35.2 Å². The van der Waals surface area contributed by atoms with Gasteiger partial charge in [0.15, 0.2) is 5.03 Å². The maximum absolute atomic E-state index is 13.5. The Labute approximate surface area is 189 Å². The Bertz CT molecular complexity index is 1150. The molecule has 2 aromatic carbocycles. The van der Waals surface area contributed by atoms with Crippen LogP contribution in [0.4, 0.5) is 5.69 Å². The van der Waals surface area contributed by atoms with Gasteiger partial charge in [-0.1, -0.05) is 62.4 Å². The van der Waals surface area contributed by atoms with Crippen molar-refractivity contribution in [2.24, 2.45) is 0 Å². The molecule has 168 valence electrons. The summed E-state index contributed by atoms with van der Waals surface area (Å²) < 4.78 is 33.4. The molecule has 1 heterocycles. The summed E-state index contributed by atoms with van der Waals surface area (Å²) in [6.45, 7) is 3.89. The number of nitrogens with zero attached hydrogens (tertiary/aromatic N) is 2. The SMILES string of the molecule is COc1ccccc1N(CC(=O)NCc1ccccc1)S(=O)(=O)c1ccc(C(C)C)cn1. The van der Waals surface area contributed by atoms with Gasteiger partial charge in [0, 0.05) is 12.7 Å². The zero-order valence-electron chi connectivity index (χ0n) is 18.4. The van der Waals surface area contributed by atoms with Gasteiger partial charge in [0.2, 0.25) is 5.91 Å². The quantitative estimate of drug-likeness (QED) is 0.533. The standard InChI is InChI=1S/C24H27N3O4S/c1-18(2)20-13-14-24(26-16-20)32(29,30)27(21-11-7-8-12-22(21)31-3)17-23(28)25-15-19-9-5-4-6-10-19/h4-14,16,18H,15,17H2,1-3H3,(H,25,28). The van der Waals surface area contributed by atoms with Gasteiger partial charge in [0.25, 0.3) is 10.0 Å². The van der Waals surface area contributed by atoms with Crippen molar-refractivity contribution in [2.45, 2.75) is 31.3 Å². The van der Waals surface area contributed by atoms with Crippen molar-refractivity contribution in [2.75, 3.05) is 18.0 Å². The van der Waals surface area contributed by atoms with Gasteiger partial charge < -0.3 is 10.1 Å². The molecule has 3 rings (SSSR count). The van der Waals surface area contributed by atoms with Gasteiger partial charge in [0.05, 0.1) is 12.8 Å². The second kappa shape index (κ2) is 10.3. The molecule has 0 aliphatic carbocycles. The molecule has 0 radical (unpaired) electrons. The number of ether oxygens (including phenoxy) is 1. The van der Waals surface area contributed by atoms with Crippen LogP contribution in [0.25, 0.3) is 0 Å². The van der Waals surface area contributed by atoms with Crippen LogP contribution in [0.5, 0.6) is 5.75 Å². The van der Waals surface area contributed by atoms with Crippen LogP contribution in [0.15, 0.2) is 78.0 Å². The van der Waals surface area contributed by atoms with E-state index in [1.807, 2.05) is 44.2 Å². The van der Waals surface area contributed by atoms with E-state index in [0.717, 1.165) is 15.4 Å². The second-order valence-corrected chi connectivity index (χ2v) is 9.34. The summed E-state index contributed by atoms with van der Waals surface area (Å²) in [7, 11) is -2.67. The lowest BCUT2D eigenvalue weighted by atomic mass is 10.1. The van der Waals surface area contributed by atoms with Crippen molar-refractivity contribution >= 4 is 21.6 Å². The lowest BCUT2D eigenvalue weighted by Crippen LogP contribution is -2.41. The second-order valence-electron chi connectivity index (χ2n) is 7.53. The minimum Gasteiger partial charge on any atom is -0.495 e. The molecule has 0 bridgehead atoms. The van der Waals surface area contributed by atoms with Gasteiger partial charge in [-0.15, -0.1) is 0 Å². The first-order valence-corrected chi connectivity index (χ1v) is 11.7. The number of carbonyl (C=O) groups excluding carboxylic acids is 1. The molecular formula is C24H27N3O4S. The Morgan fingerprint density at radius 3 is 2.34 bits per heavy atom. The third-order valence-corrected chi connectivity index (χ3v) is 6.63. The van der Waals surface area contributed by atoms with E-state index in [0.29, 0.717) is 12.3 Å². The van der Waals surface area contributed by atoms with Gasteiger partial charge in [-0.25, -0.2) is 4.98 Å². The summed E-state index contributed by atoms with van der Waals surface area (Å²) >= 11 is 0. The van der Waals surface area contributed by atoms with Gasteiger partial charge in [0.1, 0.15) is 12.3 Å². The number of benzene rings is 2. The molecule has 8 heteroatoms. The molecule has 0 fully saturated rings. The normalized spacial score (nSPS) is 11.2. The Kier molecular flexibility index (Phi) is 7.48. The van der Waals surface area contributed by atoms with Gasteiger partial charge in [-0.3, -0.25) is 9.10 Å². The van der Waals surface area contributed by atoms with Crippen LogP contribution < -0.4 is 14.4 Å². The average Bonchev–Trinajstić information content (AvgIpc) is 2.81. The number of anilines is 1. The van der Waals surface area contributed by atoms with Crippen molar-refractivity contribution in [1.29, 1.82) is 0 Å². The number of aromatic nitrogens is 1. The van der Waals surface area contributed by atoms with Gasteiger partial charge in [-0.2, -0.15) is 8.42 Å². The van der Waals surface area contributed by atoms with E-state index in [1.165, 1.54) is 13.2 Å². The Balaban J connectivity index is 1.92. The summed E-state index contributed by atoms with van der Waals surface area (Å²) in [6.07, 6.45) is 1.55. The van der Waals surface area contributed by atoms with E-state index in [4.69, 9.17) is 4.74 Å². The Morgan fingerprint density at radius 1 is 1.03 bits per heavy atom. The minimum absolute atomic E-state index is 0.135. The maximum Gasteiger partial charge on any atom is 0.282 e. The Morgan fingerprint density at radius 2 is 1.72 bits per heavy atom. The fourth-order valence-corrected chi connectivity index (χ4v) is 4.47. The molecule has 3 aromatic rings. The molecule has 1 amide bonds.